The minimum absolute atomic E-state index is 0.108. The Labute approximate surface area is 136 Å². The number of carbonyl (C=O) groups excluding carboxylic acids is 1. The van der Waals surface area contributed by atoms with Gasteiger partial charge in [0.1, 0.15) is 5.82 Å². The highest BCUT2D eigenvalue weighted by Crippen LogP contribution is 2.27. The molecule has 126 valence electrons. The van der Waals surface area contributed by atoms with E-state index in [1.54, 1.807) is 6.20 Å². The number of rotatable bonds is 4. The van der Waals surface area contributed by atoms with Crippen LogP contribution in [0, 0.1) is 5.92 Å². The zero-order valence-electron chi connectivity index (χ0n) is 13.8. The molecule has 1 unspecified atom stereocenters. The predicted octanol–water partition coefficient (Wildman–Crippen LogP) is 1.33. The third kappa shape index (κ3) is 3.38. The maximum absolute atomic E-state index is 12.8. The molecule has 0 aliphatic carbocycles. The molecule has 6 nitrogen and oxygen atoms in total. The summed E-state index contributed by atoms with van der Waals surface area (Å²) in [5, 5.41) is 0. The fourth-order valence-corrected chi connectivity index (χ4v) is 3.38. The summed E-state index contributed by atoms with van der Waals surface area (Å²) in [6.07, 6.45) is 3.92. The number of hydrogen-bond donors (Lipinski definition) is 0. The lowest BCUT2D eigenvalue weighted by atomic mass is 10.0. The van der Waals surface area contributed by atoms with Crippen LogP contribution in [-0.4, -0.2) is 67.2 Å². The zero-order chi connectivity index (χ0) is 16.4. The Morgan fingerprint density at radius 1 is 1.35 bits per heavy atom. The summed E-state index contributed by atoms with van der Waals surface area (Å²) in [5.41, 5.74) is 0. The minimum atomic E-state index is -0.397. The predicted molar refractivity (Wildman–Crippen MR) is 87.4 cm³/mol. The van der Waals surface area contributed by atoms with E-state index >= 15 is 0 Å². The van der Waals surface area contributed by atoms with Gasteiger partial charge in [-0.15, -0.1) is 0 Å². The van der Waals surface area contributed by atoms with Crippen LogP contribution in [0.15, 0.2) is 12.3 Å². The van der Waals surface area contributed by atoms with Crippen molar-refractivity contribution in [2.75, 3.05) is 50.2 Å². The number of anilines is 2. The number of carbonyl (C=O) groups is 1. The first-order valence-electron chi connectivity index (χ1n) is 8.19. The SMILES string of the molecule is CN(C)c1ccnc(N2CCC(N3CC(CF)CC3=O)CC2)n1. The normalized spacial score (nSPS) is 22.7. The second-order valence-electron chi connectivity index (χ2n) is 6.60. The number of nitrogens with zero attached hydrogens (tertiary/aromatic N) is 5. The Balaban J connectivity index is 1.60. The molecular formula is C16H24FN5O. The fourth-order valence-electron chi connectivity index (χ4n) is 3.38. The molecule has 1 aromatic heterocycles. The van der Waals surface area contributed by atoms with E-state index in [-0.39, 0.29) is 17.9 Å². The number of piperidine rings is 1. The topological polar surface area (TPSA) is 52.6 Å². The van der Waals surface area contributed by atoms with Gasteiger partial charge in [-0.05, 0) is 18.9 Å². The second-order valence-corrected chi connectivity index (χ2v) is 6.60. The van der Waals surface area contributed by atoms with Crippen molar-refractivity contribution < 1.29 is 9.18 Å². The van der Waals surface area contributed by atoms with E-state index in [4.69, 9.17) is 0 Å². The molecule has 2 aliphatic heterocycles. The monoisotopic (exact) mass is 321 g/mol. The van der Waals surface area contributed by atoms with Gasteiger partial charge >= 0.3 is 0 Å². The molecule has 2 aliphatic rings. The minimum Gasteiger partial charge on any atom is -0.363 e. The molecule has 0 saturated carbocycles. The zero-order valence-corrected chi connectivity index (χ0v) is 13.8. The Hall–Kier alpha value is -1.92. The number of likely N-dealkylation sites (tertiary alicyclic amines) is 1. The van der Waals surface area contributed by atoms with Crippen LogP contribution >= 0.6 is 0 Å². The number of amides is 1. The summed E-state index contributed by atoms with van der Waals surface area (Å²) < 4.78 is 12.8. The summed E-state index contributed by atoms with van der Waals surface area (Å²) in [5.74, 6) is 1.62. The van der Waals surface area contributed by atoms with E-state index in [1.165, 1.54) is 0 Å². The van der Waals surface area contributed by atoms with Crippen molar-refractivity contribution in [1.29, 1.82) is 0 Å². The molecule has 1 amide bonds. The maximum atomic E-state index is 12.8. The number of aromatic nitrogens is 2. The number of alkyl halides is 1. The highest BCUT2D eigenvalue weighted by Gasteiger charge is 2.36. The molecule has 0 bridgehead atoms. The van der Waals surface area contributed by atoms with E-state index < -0.39 is 6.67 Å². The molecule has 1 atom stereocenters. The molecule has 2 fully saturated rings. The highest BCUT2D eigenvalue weighted by atomic mass is 19.1. The Morgan fingerprint density at radius 2 is 2.09 bits per heavy atom. The van der Waals surface area contributed by atoms with Gasteiger partial charge in [0.15, 0.2) is 0 Å². The van der Waals surface area contributed by atoms with E-state index in [9.17, 15) is 9.18 Å². The van der Waals surface area contributed by atoms with Crippen molar-refractivity contribution in [2.24, 2.45) is 5.92 Å². The van der Waals surface area contributed by atoms with Crippen LogP contribution in [-0.2, 0) is 4.79 Å². The summed E-state index contributed by atoms with van der Waals surface area (Å²) in [6.45, 7) is 1.83. The largest absolute Gasteiger partial charge is 0.363 e. The van der Waals surface area contributed by atoms with Crippen molar-refractivity contribution in [1.82, 2.24) is 14.9 Å². The molecule has 3 heterocycles. The van der Waals surface area contributed by atoms with Gasteiger partial charge in [-0.3, -0.25) is 9.18 Å². The van der Waals surface area contributed by atoms with Gasteiger partial charge in [0.2, 0.25) is 11.9 Å². The maximum Gasteiger partial charge on any atom is 0.227 e. The van der Waals surface area contributed by atoms with Crippen LogP contribution in [0.1, 0.15) is 19.3 Å². The number of hydrogen-bond acceptors (Lipinski definition) is 5. The second kappa shape index (κ2) is 6.68. The third-order valence-corrected chi connectivity index (χ3v) is 4.73. The van der Waals surface area contributed by atoms with Crippen molar-refractivity contribution in [2.45, 2.75) is 25.3 Å². The Bertz CT molecular complexity index is 559. The third-order valence-electron chi connectivity index (χ3n) is 4.73. The van der Waals surface area contributed by atoms with E-state index in [0.717, 1.165) is 37.7 Å². The van der Waals surface area contributed by atoms with Crippen LogP contribution in [0.5, 0.6) is 0 Å². The van der Waals surface area contributed by atoms with Crippen molar-refractivity contribution in [3.8, 4) is 0 Å². The molecule has 3 rings (SSSR count). The van der Waals surface area contributed by atoms with E-state index in [1.807, 2.05) is 30.0 Å². The average Bonchev–Trinajstić information content (AvgIpc) is 2.96. The van der Waals surface area contributed by atoms with Gasteiger partial charge in [-0.1, -0.05) is 0 Å². The van der Waals surface area contributed by atoms with Crippen molar-refractivity contribution in [3.63, 3.8) is 0 Å². The Kier molecular flexibility index (Phi) is 4.63. The van der Waals surface area contributed by atoms with Gasteiger partial charge in [0.25, 0.3) is 0 Å². The molecule has 0 spiro atoms. The lowest BCUT2D eigenvalue weighted by Crippen LogP contribution is -2.46. The smallest absolute Gasteiger partial charge is 0.227 e. The first kappa shape index (κ1) is 16.0. The first-order chi connectivity index (χ1) is 11.1. The van der Waals surface area contributed by atoms with E-state index in [2.05, 4.69) is 14.9 Å². The van der Waals surface area contributed by atoms with Gasteiger partial charge < -0.3 is 14.7 Å². The molecular weight excluding hydrogens is 297 g/mol. The highest BCUT2D eigenvalue weighted by molar-refractivity contribution is 5.79. The van der Waals surface area contributed by atoms with Crippen LogP contribution < -0.4 is 9.80 Å². The summed E-state index contributed by atoms with van der Waals surface area (Å²) in [6, 6.07) is 2.11. The first-order valence-corrected chi connectivity index (χ1v) is 8.19. The Morgan fingerprint density at radius 3 is 2.70 bits per heavy atom. The lowest BCUT2D eigenvalue weighted by molar-refractivity contribution is -0.130. The van der Waals surface area contributed by atoms with Crippen LogP contribution in [0.25, 0.3) is 0 Å². The molecule has 7 heteroatoms. The van der Waals surface area contributed by atoms with Gasteiger partial charge in [-0.2, -0.15) is 4.98 Å². The van der Waals surface area contributed by atoms with Gasteiger partial charge in [-0.25, -0.2) is 4.98 Å². The molecule has 23 heavy (non-hydrogen) atoms. The van der Waals surface area contributed by atoms with Crippen molar-refractivity contribution >= 4 is 17.7 Å². The fraction of sp³-hybridized carbons (Fsp3) is 0.688. The summed E-state index contributed by atoms with van der Waals surface area (Å²) in [4.78, 5) is 27.0. The van der Waals surface area contributed by atoms with Gasteiger partial charge in [0, 0.05) is 58.3 Å². The summed E-state index contributed by atoms with van der Waals surface area (Å²) >= 11 is 0. The quantitative estimate of drug-likeness (QED) is 0.837. The van der Waals surface area contributed by atoms with Crippen LogP contribution in [0.3, 0.4) is 0 Å². The lowest BCUT2D eigenvalue weighted by Gasteiger charge is -2.37. The molecule has 1 aromatic rings. The summed E-state index contributed by atoms with van der Waals surface area (Å²) in [7, 11) is 3.91. The number of halogens is 1. The van der Waals surface area contributed by atoms with Crippen LogP contribution in [0.4, 0.5) is 16.2 Å². The molecule has 0 N–H and O–H groups in total. The molecule has 2 saturated heterocycles. The average molecular weight is 321 g/mol. The van der Waals surface area contributed by atoms with Crippen LogP contribution in [0.2, 0.25) is 0 Å². The van der Waals surface area contributed by atoms with Crippen molar-refractivity contribution in [3.05, 3.63) is 12.3 Å². The van der Waals surface area contributed by atoms with E-state index in [0.29, 0.717) is 13.0 Å². The molecule has 0 radical (unpaired) electrons. The standard InChI is InChI=1S/C16H24FN5O/c1-20(2)14-3-6-18-16(19-14)21-7-4-13(5-8-21)22-11-12(10-17)9-15(22)23/h3,6,12-13H,4-5,7-11H2,1-2H3. The molecule has 0 aromatic carbocycles. The van der Waals surface area contributed by atoms with Gasteiger partial charge in [0.05, 0.1) is 6.67 Å².